The summed E-state index contributed by atoms with van der Waals surface area (Å²) in [6.07, 6.45) is -0.109. The molecule has 0 spiro atoms. The van der Waals surface area contributed by atoms with E-state index in [2.05, 4.69) is 35.1 Å². The molecule has 1 aromatic carbocycles. The zero-order valence-electron chi connectivity index (χ0n) is 22.2. The van der Waals surface area contributed by atoms with Gasteiger partial charge in [-0.25, -0.2) is 15.0 Å². The van der Waals surface area contributed by atoms with Crippen molar-refractivity contribution >= 4 is 28.7 Å². The van der Waals surface area contributed by atoms with Crippen molar-refractivity contribution in [1.82, 2.24) is 34.7 Å². The Balaban J connectivity index is 1.07. The van der Waals surface area contributed by atoms with E-state index < -0.39 is 18.5 Å². The topological polar surface area (TPSA) is 112 Å². The summed E-state index contributed by atoms with van der Waals surface area (Å²) in [6, 6.07) is 11.9. The van der Waals surface area contributed by atoms with Gasteiger partial charge < -0.3 is 19.9 Å². The second kappa shape index (κ2) is 11.3. The number of alkyl halides is 3. The first-order valence-corrected chi connectivity index (χ1v) is 13.5. The standard InChI is InChI=1S/C28H29F3N8O2/c29-28(30,31)15-25(40)39-11-9-38(10-12-39)16-19-5-7-32-24(13-19)37-26-34-22-4-3-20(14-23(22)35-26)21-6-8-33-27(36-21)41-17-18-1-2-18/h3-8,13-14,18H,1-2,9-12,15-17H2,(H2,32,34,35,37). The molecule has 6 rings (SSSR count). The lowest BCUT2D eigenvalue weighted by Crippen LogP contribution is -2.49. The third kappa shape index (κ3) is 7.09. The number of imidazole rings is 1. The van der Waals surface area contributed by atoms with Crippen LogP contribution < -0.4 is 10.1 Å². The Morgan fingerprint density at radius 3 is 2.61 bits per heavy atom. The number of pyridine rings is 1. The number of rotatable bonds is 9. The van der Waals surface area contributed by atoms with E-state index in [1.807, 2.05) is 36.4 Å². The van der Waals surface area contributed by atoms with E-state index >= 15 is 0 Å². The maximum absolute atomic E-state index is 12.5. The number of anilines is 2. The third-order valence-corrected chi connectivity index (χ3v) is 7.11. The molecule has 3 aromatic heterocycles. The van der Waals surface area contributed by atoms with Gasteiger partial charge in [0.1, 0.15) is 12.2 Å². The number of fused-ring (bicyclic) bond motifs is 1. The third-order valence-electron chi connectivity index (χ3n) is 7.11. The lowest BCUT2D eigenvalue weighted by Gasteiger charge is -2.35. The highest BCUT2D eigenvalue weighted by Gasteiger charge is 2.34. The summed E-state index contributed by atoms with van der Waals surface area (Å²) in [5, 5.41) is 3.21. The number of amides is 1. The molecule has 41 heavy (non-hydrogen) atoms. The number of nitrogens with zero attached hydrogens (tertiary/aromatic N) is 6. The molecule has 0 unspecified atom stereocenters. The maximum Gasteiger partial charge on any atom is 0.397 e. The number of halogens is 3. The Bertz CT molecular complexity index is 1530. The van der Waals surface area contributed by atoms with E-state index in [1.165, 1.54) is 17.7 Å². The number of hydrogen-bond acceptors (Lipinski definition) is 8. The number of ether oxygens (including phenoxy) is 1. The molecule has 1 saturated heterocycles. The first-order valence-electron chi connectivity index (χ1n) is 13.5. The predicted octanol–water partition coefficient (Wildman–Crippen LogP) is 4.54. The Hall–Kier alpha value is -4.26. The van der Waals surface area contributed by atoms with Crippen molar-refractivity contribution in [3.05, 3.63) is 54.4 Å². The van der Waals surface area contributed by atoms with Crippen LogP contribution in [-0.4, -0.2) is 79.6 Å². The van der Waals surface area contributed by atoms with Crippen LogP contribution in [-0.2, 0) is 11.3 Å². The van der Waals surface area contributed by atoms with E-state index in [0.29, 0.717) is 49.9 Å². The number of nitrogens with one attached hydrogen (secondary N) is 2. The molecule has 10 nitrogen and oxygen atoms in total. The first-order chi connectivity index (χ1) is 19.8. The van der Waals surface area contributed by atoms with E-state index in [0.717, 1.165) is 27.9 Å². The second-order valence-corrected chi connectivity index (χ2v) is 10.4. The molecule has 214 valence electrons. The van der Waals surface area contributed by atoms with Gasteiger partial charge in [0.15, 0.2) is 0 Å². The molecular weight excluding hydrogens is 537 g/mol. The molecule has 4 aromatic rings. The van der Waals surface area contributed by atoms with E-state index in [4.69, 9.17) is 4.74 Å². The first kappa shape index (κ1) is 26.9. The number of benzene rings is 1. The number of hydrogen-bond donors (Lipinski definition) is 2. The van der Waals surface area contributed by atoms with Crippen molar-refractivity contribution in [3.63, 3.8) is 0 Å². The van der Waals surface area contributed by atoms with Crippen LogP contribution in [0.5, 0.6) is 6.01 Å². The molecule has 13 heteroatoms. The molecule has 0 bridgehead atoms. The van der Waals surface area contributed by atoms with Crippen LogP contribution in [0.2, 0.25) is 0 Å². The van der Waals surface area contributed by atoms with Gasteiger partial charge in [-0.1, -0.05) is 6.07 Å². The summed E-state index contributed by atoms with van der Waals surface area (Å²) in [6.45, 7) is 2.79. The predicted molar refractivity (Wildman–Crippen MR) is 145 cm³/mol. The van der Waals surface area contributed by atoms with Gasteiger partial charge in [-0.2, -0.15) is 18.2 Å². The zero-order chi connectivity index (χ0) is 28.4. The number of piperazine rings is 1. The SMILES string of the molecule is O=C(CC(F)(F)F)N1CCN(Cc2ccnc(Nc3nc4ccc(-c5ccnc(OCC6CC6)n5)cc4[nH]3)c2)CC1. The van der Waals surface area contributed by atoms with Crippen LogP contribution in [0.25, 0.3) is 22.3 Å². The minimum Gasteiger partial charge on any atom is -0.463 e. The Morgan fingerprint density at radius 1 is 1.02 bits per heavy atom. The summed E-state index contributed by atoms with van der Waals surface area (Å²) in [5.74, 6) is 0.890. The molecule has 1 aliphatic carbocycles. The summed E-state index contributed by atoms with van der Waals surface area (Å²) in [7, 11) is 0. The largest absolute Gasteiger partial charge is 0.463 e. The highest BCUT2D eigenvalue weighted by atomic mass is 19.4. The van der Waals surface area contributed by atoms with Crippen molar-refractivity contribution in [2.45, 2.75) is 32.0 Å². The number of carbonyl (C=O) groups excluding carboxylic acids is 1. The molecule has 1 saturated carbocycles. The van der Waals surface area contributed by atoms with Crippen LogP contribution in [0.15, 0.2) is 48.8 Å². The van der Waals surface area contributed by atoms with Crippen molar-refractivity contribution in [3.8, 4) is 17.3 Å². The highest BCUT2D eigenvalue weighted by Crippen LogP contribution is 2.30. The van der Waals surface area contributed by atoms with Crippen LogP contribution in [0.4, 0.5) is 24.9 Å². The van der Waals surface area contributed by atoms with Gasteiger partial charge in [0.25, 0.3) is 0 Å². The lowest BCUT2D eigenvalue weighted by molar-refractivity contribution is -0.162. The van der Waals surface area contributed by atoms with Gasteiger partial charge >= 0.3 is 12.2 Å². The fourth-order valence-corrected chi connectivity index (χ4v) is 4.74. The van der Waals surface area contributed by atoms with Gasteiger partial charge in [0, 0.05) is 50.7 Å². The lowest BCUT2D eigenvalue weighted by atomic mass is 10.1. The van der Waals surface area contributed by atoms with Crippen LogP contribution >= 0.6 is 0 Å². The van der Waals surface area contributed by atoms with Crippen LogP contribution in [0.1, 0.15) is 24.8 Å². The molecule has 2 aliphatic rings. The Morgan fingerprint density at radius 2 is 1.83 bits per heavy atom. The van der Waals surface area contributed by atoms with Crippen molar-refractivity contribution < 1.29 is 22.7 Å². The van der Waals surface area contributed by atoms with E-state index in [1.54, 1.807) is 12.4 Å². The summed E-state index contributed by atoms with van der Waals surface area (Å²) in [4.78, 5) is 36.3. The molecule has 4 heterocycles. The molecule has 1 aliphatic heterocycles. The normalized spacial score (nSPS) is 16.2. The number of H-pyrrole nitrogens is 1. The fraction of sp³-hybridized carbons (Fsp3) is 0.393. The maximum atomic E-state index is 12.5. The Labute approximate surface area is 234 Å². The quantitative estimate of drug-likeness (QED) is 0.304. The molecule has 2 N–H and O–H groups in total. The second-order valence-electron chi connectivity index (χ2n) is 10.4. The number of carbonyl (C=O) groups is 1. The summed E-state index contributed by atoms with van der Waals surface area (Å²) < 4.78 is 43.3. The molecule has 2 fully saturated rings. The average molecular weight is 567 g/mol. The average Bonchev–Trinajstić information content (AvgIpc) is 3.69. The Kier molecular flexibility index (Phi) is 7.43. The van der Waals surface area contributed by atoms with Gasteiger partial charge in [-0.3, -0.25) is 9.69 Å². The van der Waals surface area contributed by atoms with Gasteiger partial charge in [-0.15, -0.1) is 0 Å². The number of aromatic amines is 1. The minimum absolute atomic E-state index is 0.274. The smallest absolute Gasteiger partial charge is 0.397 e. The van der Waals surface area contributed by atoms with Gasteiger partial charge in [0.2, 0.25) is 11.9 Å². The molecule has 0 radical (unpaired) electrons. The summed E-state index contributed by atoms with van der Waals surface area (Å²) in [5.41, 5.74) is 4.27. The zero-order valence-corrected chi connectivity index (χ0v) is 22.2. The van der Waals surface area contributed by atoms with Crippen molar-refractivity contribution in [2.75, 3.05) is 38.1 Å². The van der Waals surface area contributed by atoms with Crippen molar-refractivity contribution in [1.29, 1.82) is 0 Å². The molecule has 0 atom stereocenters. The van der Waals surface area contributed by atoms with Crippen molar-refractivity contribution in [2.24, 2.45) is 5.92 Å². The van der Waals surface area contributed by atoms with Crippen LogP contribution in [0.3, 0.4) is 0 Å². The monoisotopic (exact) mass is 566 g/mol. The number of aromatic nitrogens is 5. The van der Waals surface area contributed by atoms with E-state index in [-0.39, 0.29) is 13.1 Å². The van der Waals surface area contributed by atoms with Crippen LogP contribution in [0, 0.1) is 5.92 Å². The fourth-order valence-electron chi connectivity index (χ4n) is 4.74. The summed E-state index contributed by atoms with van der Waals surface area (Å²) >= 11 is 0. The minimum atomic E-state index is -4.48. The van der Waals surface area contributed by atoms with Gasteiger partial charge in [-0.05, 0) is 54.7 Å². The molecule has 1 amide bonds. The molecular formula is C28H29F3N8O2. The van der Waals surface area contributed by atoms with E-state index in [9.17, 15) is 18.0 Å². The highest BCUT2D eigenvalue weighted by molar-refractivity contribution is 5.83. The van der Waals surface area contributed by atoms with Gasteiger partial charge in [0.05, 0.1) is 23.3 Å².